The largest absolute Gasteiger partial charge is 0.481 e. The van der Waals surface area contributed by atoms with Crippen LogP contribution in [0.15, 0.2) is 0 Å². The third-order valence-corrected chi connectivity index (χ3v) is 1.96. The molecule has 0 radical (unpaired) electrons. The van der Waals surface area contributed by atoms with Crippen molar-refractivity contribution in [1.29, 1.82) is 0 Å². The molecule has 0 aliphatic heterocycles. The molecule has 0 aromatic rings. The van der Waals surface area contributed by atoms with Gasteiger partial charge >= 0.3 is 5.97 Å². The van der Waals surface area contributed by atoms with Crippen LogP contribution in [-0.4, -0.2) is 15.0 Å². The maximum absolute atomic E-state index is 10.5. The van der Waals surface area contributed by atoms with Gasteiger partial charge in [-0.1, -0.05) is 36.4 Å². The first-order valence-corrected chi connectivity index (χ1v) is 4.69. The summed E-state index contributed by atoms with van der Waals surface area (Å²) in [5.74, 6) is -0.807. The van der Waals surface area contributed by atoms with Crippen molar-refractivity contribution in [1.82, 2.24) is 0 Å². The van der Waals surface area contributed by atoms with Crippen molar-refractivity contribution in [2.24, 2.45) is 5.92 Å². The van der Waals surface area contributed by atoms with Crippen molar-refractivity contribution in [2.75, 3.05) is 0 Å². The molecule has 0 heterocycles. The zero-order valence-electron chi connectivity index (χ0n) is 6.30. The number of hydrogen-bond donors (Lipinski definition) is 1. The zero-order valence-corrected chi connectivity index (χ0v) is 8.46. The van der Waals surface area contributed by atoms with E-state index in [-0.39, 0.29) is 5.92 Å². The molecule has 0 saturated heterocycles. The lowest BCUT2D eigenvalue weighted by molar-refractivity contribution is -0.142. The van der Waals surface area contributed by atoms with Crippen LogP contribution in [0.25, 0.3) is 0 Å². The van der Waals surface area contributed by atoms with Gasteiger partial charge in [-0.3, -0.25) is 4.79 Å². The number of carboxylic acid groups (broad SMARTS) is 1. The normalized spacial score (nSPS) is 16.3. The van der Waals surface area contributed by atoms with E-state index in [1.807, 2.05) is 13.8 Å². The molecule has 0 aromatic carbocycles. The number of halogens is 1. The summed E-state index contributed by atoms with van der Waals surface area (Å²) >= 11 is 2.25. The Morgan fingerprint density at radius 1 is 1.70 bits per heavy atom. The van der Waals surface area contributed by atoms with E-state index < -0.39 is 5.97 Å². The molecular weight excluding hydrogens is 243 g/mol. The van der Waals surface area contributed by atoms with Gasteiger partial charge in [0.2, 0.25) is 0 Å². The molecule has 0 aliphatic rings. The van der Waals surface area contributed by atoms with Gasteiger partial charge < -0.3 is 5.11 Å². The number of hydrogen-bond acceptors (Lipinski definition) is 1. The Hall–Kier alpha value is 0.200. The zero-order chi connectivity index (χ0) is 8.15. The summed E-state index contributed by atoms with van der Waals surface area (Å²) in [6.07, 6.45) is 1.52. The van der Waals surface area contributed by atoms with Gasteiger partial charge in [0.1, 0.15) is 0 Å². The third-order valence-electron chi connectivity index (χ3n) is 1.45. The number of carboxylic acids is 1. The van der Waals surface area contributed by atoms with Gasteiger partial charge in [0.15, 0.2) is 0 Å². The fraction of sp³-hybridized carbons (Fsp3) is 0.857. The van der Waals surface area contributed by atoms with E-state index in [0.29, 0.717) is 3.92 Å². The average molecular weight is 256 g/mol. The first kappa shape index (κ1) is 10.2. The lowest BCUT2D eigenvalue weighted by atomic mass is 10.0. The smallest absolute Gasteiger partial charge is 0.306 e. The highest BCUT2D eigenvalue weighted by Gasteiger charge is 2.16. The van der Waals surface area contributed by atoms with Crippen LogP contribution >= 0.6 is 22.6 Å². The molecule has 0 aliphatic carbocycles. The standard InChI is InChI=1S/C7H13IO2/c1-3-6(7(9)10)4-5(2)8/h5-6H,3-4H2,1-2H3,(H,9,10). The van der Waals surface area contributed by atoms with Gasteiger partial charge in [-0.2, -0.15) is 0 Å². The Morgan fingerprint density at radius 3 is 2.30 bits per heavy atom. The lowest BCUT2D eigenvalue weighted by Gasteiger charge is -2.10. The predicted molar refractivity (Wildman–Crippen MR) is 49.5 cm³/mol. The molecule has 1 N–H and O–H groups in total. The van der Waals surface area contributed by atoms with Crippen LogP contribution in [0.3, 0.4) is 0 Å². The minimum absolute atomic E-state index is 0.146. The van der Waals surface area contributed by atoms with E-state index in [1.54, 1.807) is 0 Å². The molecule has 60 valence electrons. The quantitative estimate of drug-likeness (QED) is 0.619. The predicted octanol–water partition coefficient (Wildman–Crippen LogP) is 2.31. The summed E-state index contributed by atoms with van der Waals surface area (Å²) < 4.78 is 0.457. The molecule has 0 saturated carbocycles. The van der Waals surface area contributed by atoms with Gasteiger partial charge in [0, 0.05) is 3.92 Å². The molecule has 2 unspecified atom stereocenters. The molecule has 0 aromatic heterocycles. The first-order chi connectivity index (χ1) is 4.57. The van der Waals surface area contributed by atoms with Crippen LogP contribution in [-0.2, 0) is 4.79 Å². The highest BCUT2D eigenvalue weighted by atomic mass is 127. The fourth-order valence-corrected chi connectivity index (χ4v) is 1.45. The van der Waals surface area contributed by atoms with Crippen molar-refractivity contribution in [2.45, 2.75) is 30.6 Å². The molecule has 0 spiro atoms. The molecular formula is C7H13IO2. The summed E-state index contributed by atoms with van der Waals surface area (Å²) in [5, 5.41) is 8.62. The summed E-state index contributed by atoms with van der Waals surface area (Å²) in [4.78, 5) is 10.5. The molecule has 0 rings (SSSR count). The maximum atomic E-state index is 10.5. The van der Waals surface area contributed by atoms with Crippen LogP contribution in [0.2, 0.25) is 0 Å². The van der Waals surface area contributed by atoms with Crippen LogP contribution in [0, 0.1) is 5.92 Å². The Balaban J connectivity index is 3.72. The maximum Gasteiger partial charge on any atom is 0.306 e. The summed E-state index contributed by atoms with van der Waals surface area (Å²) in [6, 6.07) is 0. The molecule has 3 heteroatoms. The first-order valence-electron chi connectivity index (χ1n) is 3.44. The molecule has 0 fully saturated rings. The highest BCUT2D eigenvalue weighted by molar-refractivity contribution is 14.1. The van der Waals surface area contributed by atoms with Crippen LogP contribution in [0.4, 0.5) is 0 Å². The third kappa shape index (κ3) is 4.09. The number of aliphatic carboxylic acids is 1. The number of rotatable bonds is 4. The second kappa shape index (κ2) is 4.93. The van der Waals surface area contributed by atoms with E-state index in [9.17, 15) is 4.79 Å². The fourth-order valence-electron chi connectivity index (χ4n) is 0.834. The van der Waals surface area contributed by atoms with Gasteiger partial charge in [-0.05, 0) is 12.8 Å². The Kier molecular flexibility index (Phi) is 5.03. The van der Waals surface area contributed by atoms with E-state index in [2.05, 4.69) is 22.6 Å². The monoisotopic (exact) mass is 256 g/mol. The topological polar surface area (TPSA) is 37.3 Å². The van der Waals surface area contributed by atoms with Gasteiger partial charge in [0.25, 0.3) is 0 Å². The average Bonchev–Trinajstić information content (AvgIpc) is 1.81. The lowest BCUT2D eigenvalue weighted by Crippen LogP contribution is -2.15. The molecule has 0 amide bonds. The van der Waals surface area contributed by atoms with E-state index in [0.717, 1.165) is 12.8 Å². The van der Waals surface area contributed by atoms with Crippen molar-refractivity contribution in [3.8, 4) is 0 Å². The van der Waals surface area contributed by atoms with Crippen molar-refractivity contribution in [3.05, 3.63) is 0 Å². The SMILES string of the molecule is CCC(CC(C)I)C(=O)O. The molecule has 0 bridgehead atoms. The minimum Gasteiger partial charge on any atom is -0.481 e. The van der Waals surface area contributed by atoms with E-state index in [1.165, 1.54) is 0 Å². The van der Waals surface area contributed by atoms with Crippen LogP contribution < -0.4 is 0 Å². The van der Waals surface area contributed by atoms with E-state index >= 15 is 0 Å². The van der Waals surface area contributed by atoms with Crippen molar-refractivity contribution >= 4 is 28.6 Å². The molecule has 2 nitrogen and oxygen atoms in total. The Labute approximate surface area is 75.1 Å². The second-order valence-corrected chi connectivity index (χ2v) is 4.59. The molecule has 10 heavy (non-hydrogen) atoms. The summed E-state index contributed by atoms with van der Waals surface area (Å²) in [6.45, 7) is 3.95. The highest BCUT2D eigenvalue weighted by Crippen LogP contribution is 2.16. The van der Waals surface area contributed by atoms with Gasteiger partial charge in [-0.25, -0.2) is 0 Å². The second-order valence-electron chi connectivity index (χ2n) is 2.46. The Morgan fingerprint density at radius 2 is 2.20 bits per heavy atom. The Bertz CT molecular complexity index is 112. The molecule has 2 atom stereocenters. The van der Waals surface area contributed by atoms with Gasteiger partial charge in [-0.15, -0.1) is 0 Å². The summed E-state index contributed by atoms with van der Waals surface area (Å²) in [5.41, 5.74) is 0. The number of alkyl halides is 1. The van der Waals surface area contributed by atoms with Crippen molar-refractivity contribution < 1.29 is 9.90 Å². The van der Waals surface area contributed by atoms with E-state index in [4.69, 9.17) is 5.11 Å². The van der Waals surface area contributed by atoms with Gasteiger partial charge in [0.05, 0.1) is 5.92 Å². The number of carbonyl (C=O) groups is 1. The van der Waals surface area contributed by atoms with Crippen molar-refractivity contribution in [3.63, 3.8) is 0 Å². The summed E-state index contributed by atoms with van der Waals surface area (Å²) in [7, 11) is 0. The minimum atomic E-state index is -0.661. The van der Waals surface area contributed by atoms with Crippen LogP contribution in [0.1, 0.15) is 26.7 Å². The van der Waals surface area contributed by atoms with Crippen LogP contribution in [0.5, 0.6) is 0 Å².